The molecule has 0 aromatic rings. The van der Waals surface area contributed by atoms with E-state index in [4.69, 9.17) is 14.2 Å². The third kappa shape index (κ3) is 11.5. The quantitative estimate of drug-likeness (QED) is 0.509. The van der Waals surface area contributed by atoms with Crippen LogP contribution in [0.1, 0.15) is 40.0 Å². The minimum Gasteiger partial charge on any atom is -0.447 e. The van der Waals surface area contributed by atoms with Crippen molar-refractivity contribution in [3.63, 3.8) is 0 Å². The van der Waals surface area contributed by atoms with Crippen LogP contribution in [0.3, 0.4) is 0 Å². The van der Waals surface area contributed by atoms with Gasteiger partial charge in [0.15, 0.2) is 0 Å². The van der Waals surface area contributed by atoms with Crippen LogP contribution in [0.4, 0.5) is 9.59 Å². The van der Waals surface area contributed by atoms with Gasteiger partial charge in [-0.1, -0.05) is 6.92 Å². The predicted octanol–water partition coefficient (Wildman–Crippen LogP) is 0.497. The highest BCUT2D eigenvalue weighted by Crippen LogP contribution is 2.12. The Morgan fingerprint density at radius 1 is 0.931 bits per heavy atom. The number of hydroxylamine groups is 2. The van der Waals surface area contributed by atoms with E-state index in [-0.39, 0.29) is 32.5 Å². The monoisotopic (exact) mass is 419 g/mol. The van der Waals surface area contributed by atoms with Gasteiger partial charge in [0.05, 0.1) is 0 Å². The highest BCUT2D eigenvalue weighted by molar-refractivity contribution is 6.01. The number of hydrogen-bond acceptors (Lipinski definition) is 9. The maximum Gasteiger partial charge on any atom is 0.407 e. The Labute approximate surface area is 169 Å². The minimum atomic E-state index is -0.571. The van der Waals surface area contributed by atoms with Gasteiger partial charge in [-0.05, 0) is 13.8 Å². The number of imide groups is 1. The normalized spacial score (nSPS) is 12.8. The van der Waals surface area contributed by atoms with E-state index in [0.29, 0.717) is 18.2 Å². The molecule has 1 aliphatic rings. The van der Waals surface area contributed by atoms with Crippen molar-refractivity contribution in [2.45, 2.75) is 46.1 Å². The highest BCUT2D eigenvalue weighted by atomic mass is 16.7. The summed E-state index contributed by atoms with van der Waals surface area (Å²) < 4.78 is 14.7. The molecule has 12 heteroatoms. The molecule has 4 amide bonds. The summed E-state index contributed by atoms with van der Waals surface area (Å²) in [6, 6.07) is 0. The lowest BCUT2D eigenvalue weighted by atomic mass is 10.4. The van der Waals surface area contributed by atoms with E-state index in [1.165, 1.54) is 7.11 Å². The molecule has 1 heterocycles. The van der Waals surface area contributed by atoms with Crippen LogP contribution in [0.5, 0.6) is 0 Å². The number of nitrogens with one attached hydrogen (secondary N) is 2. The summed E-state index contributed by atoms with van der Waals surface area (Å²) in [6.07, 6.45) is -1.09. The number of rotatable bonds is 9. The van der Waals surface area contributed by atoms with Crippen molar-refractivity contribution in [3.8, 4) is 0 Å². The fourth-order valence-corrected chi connectivity index (χ4v) is 1.74. The third-order valence-corrected chi connectivity index (χ3v) is 3.26. The Morgan fingerprint density at radius 2 is 1.38 bits per heavy atom. The largest absolute Gasteiger partial charge is 0.447 e. The number of methoxy groups -OCH3 is 1. The molecular weight excluding hydrogens is 390 g/mol. The summed E-state index contributed by atoms with van der Waals surface area (Å²) in [5.41, 5.74) is 0. The van der Waals surface area contributed by atoms with E-state index in [2.05, 4.69) is 15.5 Å². The minimum absolute atomic E-state index is 0.0295. The second-order valence-electron chi connectivity index (χ2n) is 5.51. The second kappa shape index (κ2) is 15.1. The van der Waals surface area contributed by atoms with Crippen LogP contribution in [0.2, 0.25) is 0 Å². The second-order valence-corrected chi connectivity index (χ2v) is 5.51. The van der Waals surface area contributed by atoms with E-state index < -0.39 is 36.1 Å². The lowest BCUT2D eigenvalue weighted by Gasteiger charge is -2.15. The fraction of sp³-hybridized carbons (Fsp3) is 0.706. The van der Waals surface area contributed by atoms with E-state index >= 15 is 0 Å². The molecule has 0 atom stereocenters. The van der Waals surface area contributed by atoms with E-state index in [1.54, 1.807) is 20.8 Å². The molecule has 0 radical (unpaired) electrons. The number of amides is 4. The first-order valence-electron chi connectivity index (χ1n) is 9.19. The average Bonchev–Trinajstić information content (AvgIpc) is 3.01. The maximum absolute atomic E-state index is 11.0. The van der Waals surface area contributed by atoms with Crippen LogP contribution in [-0.4, -0.2) is 74.6 Å². The lowest BCUT2D eigenvalue weighted by molar-refractivity contribution is -0.197. The summed E-state index contributed by atoms with van der Waals surface area (Å²) in [4.78, 5) is 58.9. The lowest BCUT2D eigenvalue weighted by Crippen LogP contribution is -2.33. The van der Waals surface area contributed by atoms with Gasteiger partial charge in [-0.2, -0.15) is 0 Å². The zero-order valence-corrected chi connectivity index (χ0v) is 17.1. The molecule has 0 bridgehead atoms. The van der Waals surface area contributed by atoms with Gasteiger partial charge in [-0.25, -0.2) is 14.4 Å². The SMILES string of the molecule is CCC(=O)ON1C(=O)CCC1=O.CCNC(=O)OCC(COC(=O)NCC)OC. The summed E-state index contributed by atoms with van der Waals surface area (Å²) in [7, 11) is 1.45. The Morgan fingerprint density at radius 3 is 1.72 bits per heavy atom. The van der Waals surface area contributed by atoms with Gasteiger partial charge >= 0.3 is 18.2 Å². The van der Waals surface area contributed by atoms with Crippen molar-refractivity contribution in [3.05, 3.63) is 0 Å². The van der Waals surface area contributed by atoms with Gasteiger partial charge in [-0.15, -0.1) is 5.06 Å². The van der Waals surface area contributed by atoms with Crippen LogP contribution in [0, 0.1) is 0 Å². The molecule has 1 aliphatic heterocycles. The van der Waals surface area contributed by atoms with Crippen molar-refractivity contribution in [2.24, 2.45) is 0 Å². The molecule has 0 aromatic carbocycles. The van der Waals surface area contributed by atoms with Crippen molar-refractivity contribution in [2.75, 3.05) is 33.4 Å². The first-order chi connectivity index (χ1) is 13.8. The zero-order chi connectivity index (χ0) is 22.2. The Balaban J connectivity index is 0.000000571. The van der Waals surface area contributed by atoms with Crippen LogP contribution in [0.15, 0.2) is 0 Å². The van der Waals surface area contributed by atoms with Crippen LogP contribution in [-0.2, 0) is 33.4 Å². The highest BCUT2D eigenvalue weighted by Gasteiger charge is 2.32. The number of alkyl carbamates (subject to hydrolysis) is 2. The van der Waals surface area contributed by atoms with Gasteiger partial charge < -0.3 is 29.7 Å². The van der Waals surface area contributed by atoms with Crippen molar-refractivity contribution in [1.82, 2.24) is 15.7 Å². The van der Waals surface area contributed by atoms with Crippen molar-refractivity contribution >= 4 is 30.0 Å². The third-order valence-electron chi connectivity index (χ3n) is 3.26. The molecule has 12 nitrogen and oxygen atoms in total. The molecule has 1 saturated heterocycles. The topological polar surface area (TPSA) is 150 Å². The Kier molecular flexibility index (Phi) is 13.6. The van der Waals surface area contributed by atoms with Crippen LogP contribution >= 0.6 is 0 Å². The standard InChI is InChI=1S/C10H20N2O5.C7H9NO4/c1-4-11-9(13)16-6-8(15-3)7-17-10(14)12-5-2;1-2-7(11)12-8-5(9)3-4-6(8)10/h8H,4-7H2,1-3H3,(H,11,13)(H,12,14);2-4H2,1H3. The predicted molar refractivity (Wildman–Crippen MR) is 98.3 cm³/mol. The zero-order valence-electron chi connectivity index (χ0n) is 17.1. The molecule has 2 N–H and O–H groups in total. The van der Waals surface area contributed by atoms with Gasteiger partial charge in [0.25, 0.3) is 11.8 Å². The number of ether oxygens (including phenoxy) is 3. The molecule has 166 valence electrons. The summed E-state index contributed by atoms with van der Waals surface area (Å²) in [6.45, 7) is 6.20. The van der Waals surface area contributed by atoms with Gasteiger partial charge in [-0.3, -0.25) is 9.59 Å². The first-order valence-corrected chi connectivity index (χ1v) is 9.19. The fourth-order valence-electron chi connectivity index (χ4n) is 1.74. The molecule has 0 aromatic heterocycles. The summed E-state index contributed by atoms with van der Waals surface area (Å²) >= 11 is 0. The van der Waals surface area contributed by atoms with Gasteiger partial charge in [0.2, 0.25) is 0 Å². The molecule has 29 heavy (non-hydrogen) atoms. The first kappa shape index (κ1) is 26.1. The van der Waals surface area contributed by atoms with Crippen molar-refractivity contribution in [1.29, 1.82) is 0 Å². The van der Waals surface area contributed by atoms with Gasteiger partial charge in [0.1, 0.15) is 19.3 Å². The van der Waals surface area contributed by atoms with Crippen LogP contribution in [0.25, 0.3) is 0 Å². The molecule has 1 fully saturated rings. The number of carbonyl (C=O) groups excluding carboxylic acids is 5. The Hall–Kier alpha value is -2.89. The van der Waals surface area contributed by atoms with Crippen molar-refractivity contribution < 1.29 is 43.0 Å². The summed E-state index contributed by atoms with van der Waals surface area (Å²) in [5, 5.41) is 5.49. The van der Waals surface area contributed by atoms with E-state index in [9.17, 15) is 24.0 Å². The number of carbonyl (C=O) groups is 5. The van der Waals surface area contributed by atoms with E-state index in [0.717, 1.165) is 0 Å². The number of nitrogens with zero attached hydrogens (tertiary/aromatic N) is 1. The Bertz CT molecular complexity index is 530. The molecule has 0 aliphatic carbocycles. The molecule has 0 unspecified atom stereocenters. The summed E-state index contributed by atoms with van der Waals surface area (Å²) in [5.74, 6) is -1.46. The molecule has 1 rings (SSSR count). The molecular formula is C17H29N3O9. The molecule has 0 spiro atoms. The van der Waals surface area contributed by atoms with E-state index in [1.807, 2.05) is 0 Å². The number of hydrogen-bond donors (Lipinski definition) is 2. The molecule has 0 saturated carbocycles. The average molecular weight is 419 g/mol. The smallest absolute Gasteiger partial charge is 0.407 e. The maximum atomic E-state index is 11.0. The van der Waals surface area contributed by atoms with Crippen LogP contribution < -0.4 is 10.6 Å². The van der Waals surface area contributed by atoms with Gasteiger partial charge in [0, 0.05) is 39.5 Å².